The van der Waals surface area contributed by atoms with Gasteiger partial charge in [-0.2, -0.15) is 0 Å². The molecule has 0 amide bonds. The van der Waals surface area contributed by atoms with E-state index in [0.717, 1.165) is 31.1 Å². The molecule has 4 heteroatoms. The molecule has 0 aliphatic carbocycles. The van der Waals surface area contributed by atoms with Crippen molar-refractivity contribution in [2.75, 3.05) is 23.8 Å². The quantitative estimate of drug-likeness (QED) is 0.841. The van der Waals surface area contributed by atoms with Crippen LogP contribution in [0.1, 0.15) is 27.2 Å². The molecule has 1 fully saturated rings. The summed E-state index contributed by atoms with van der Waals surface area (Å²) < 4.78 is 5.62. The zero-order valence-electron chi connectivity index (χ0n) is 10.8. The first-order chi connectivity index (χ1) is 8.14. The van der Waals surface area contributed by atoms with Gasteiger partial charge in [-0.05, 0) is 33.3 Å². The van der Waals surface area contributed by atoms with Crippen molar-refractivity contribution >= 4 is 11.5 Å². The number of rotatable bonds is 4. The lowest BCUT2D eigenvalue weighted by atomic mass is 9.94. The van der Waals surface area contributed by atoms with E-state index in [9.17, 15) is 0 Å². The zero-order valence-corrected chi connectivity index (χ0v) is 10.8. The zero-order chi connectivity index (χ0) is 12.3. The van der Waals surface area contributed by atoms with Gasteiger partial charge >= 0.3 is 0 Å². The average Bonchev–Trinajstić information content (AvgIpc) is 2.60. The normalized spacial score (nSPS) is 28.1. The Morgan fingerprint density at radius 2 is 2.41 bits per heavy atom. The molecule has 2 atom stereocenters. The number of nitrogens with zero attached hydrogens (tertiary/aromatic N) is 1. The molecule has 2 rings (SSSR count). The van der Waals surface area contributed by atoms with Crippen LogP contribution in [0.3, 0.4) is 0 Å². The van der Waals surface area contributed by atoms with Crippen molar-refractivity contribution in [3.63, 3.8) is 0 Å². The molecule has 0 spiro atoms. The smallest absolute Gasteiger partial charge is 0.127 e. The standard InChI is InChI=1S/C13H21N3O/c1-4-14-12-9-11(5-7-15-12)16-13(3)6-8-17-10(13)2/h5,7,9-10H,4,6,8H2,1-3H3,(H2,14,15,16). The van der Waals surface area contributed by atoms with Gasteiger partial charge in [0.15, 0.2) is 0 Å². The molecular weight excluding hydrogens is 214 g/mol. The molecule has 1 aliphatic heterocycles. The van der Waals surface area contributed by atoms with Crippen molar-refractivity contribution in [1.29, 1.82) is 0 Å². The molecule has 0 aromatic carbocycles. The summed E-state index contributed by atoms with van der Waals surface area (Å²) in [6.07, 6.45) is 3.09. The van der Waals surface area contributed by atoms with Gasteiger partial charge < -0.3 is 15.4 Å². The van der Waals surface area contributed by atoms with E-state index in [0.29, 0.717) is 0 Å². The molecule has 94 valence electrons. The maximum Gasteiger partial charge on any atom is 0.127 e. The summed E-state index contributed by atoms with van der Waals surface area (Å²) in [6.45, 7) is 8.10. The van der Waals surface area contributed by atoms with E-state index in [1.54, 1.807) is 0 Å². The molecule has 2 unspecified atom stereocenters. The lowest BCUT2D eigenvalue weighted by Crippen LogP contribution is -2.41. The van der Waals surface area contributed by atoms with Crippen molar-refractivity contribution < 1.29 is 4.74 Å². The Morgan fingerprint density at radius 1 is 1.59 bits per heavy atom. The van der Waals surface area contributed by atoms with E-state index in [-0.39, 0.29) is 11.6 Å². The van der Waals surface area contributed by atoms with Gasteiger partial charge in [-0.25, -0.2) is 4.98 Å². The second-order valence-corrected chi connectivity index (χ2v) is 4.77. The van der Waals surface area contributed by atoms with Gasteiger partial charge in [-0.1, -0.05) is 0 Å². The molecule has 4 nitrogen and oxygen atoms in total. The third-order valence-electron chi connectivity index (χ3n) is 3.43. The fraction of sp³-hybridized carbons (Fsp3) is 0.615. The molecule has 1 aliphatic rings. The van der Waals surface area contributed by atoms with Gasteiger partial charge in [-0.15, -0.1) is 0 Å². The van der Waals surface area contributed by atoms with Crippen LogP contribution in [0.4, 0.5) is 11.5 Å². The van der Waals surface area contributed by atoms with Gasteiger partial charge in [-0.3, -0.25) is 0 Å². The van der Waals surface area contributed by atoms with E-state index in [4.69, 9.17) is 4.74 Å². The van der Waals surface area contributed by atoms with Gasteiger partial charge in [0, 0.05) is 31.1 Å². The Balaban J connectivity index is 2.10. The largest absolute Gasteiger partial charge is 0.377 e. The number of nitrogens with one attached hydrogen (secondary N) is 2. The minimum atomic E-state index is 0.0187. The molecule has 2 heterocycles. The summed E-state index contributed by atoms with van der Waals surface area (Å²) in [4.78, 5) is 4.26. The lowest BCUT2D eigenvalue weighted by molar-refractivity contribution is 0.105. The molecule has 1 aromatic rings. The fourth-order valence-electron chi connectivity index (χ4n) is 2.11. The third-order valence-corrected chi connectivity index (χ3v) is 3.43. The number of ether oxygens (including phenoxy) is 1. The Bertz CT molecular complexity index is 383. The molecule has 0 saturated carbocycles. The monoisotopic (exact) mass is 235 g/mol. The summed E-state index contributed by atoms with van der Waals surface area (Å²) in [5, 5.41) is 6.77. The maximum atomic E-state index is 5.62. The second-order valence-electron chi connectivity index (χ2n) is 4.77. The van der Waals surface area contributed by atoms with Crippen LogP contribution in [0.5, 0.6) is 0 Å². The van der Waals surface area contributed by atoms with Crippen molar-refractivity contribution in [3.05, 3.63) is 18.3 Å². The van der Waals surface area contributed by atoms with Gasteiger partial charge in [0.25, 0.3) is 0 Å². The van der Waals surface area contributed by atoms with Gasteiger partial charge in [0.05, 0.1) is 11.6 Å². The Kier molecular flexibility index (Phi) is 3.52. The Labute approximate surface area is 103 Å². The number of pyridine rings is 1. The number of hydrogen-bond acceptors (Lipinski definition) is 4. The molecule has 17 heavy (non-hydrogen) atoms. The van der Waals surface area contributed by atoms with Gasteiger partial charge in [0.1, 0.15) is 5.82 Å². The highest BCUT2D eigenvalue weighted by Gasteiger charge is 2.36. The first-order valence-corrected chi connectivity index (χ1v) is 6.24. The minimum absolute atomic E-state index is 0.0187. The fourth-order valence-corrected chi connectivity index (χ4v) is 2.11. The molecule has 1 aromatic heterocycles. The summed E-state index contributed by atoms with van der Waals surface area (Å²) in [5.41, 5.74) is 1.11. The van der Waals surface area contributed by atoms with Crippen LogP contribution in [-0.2, 0) is 4.74 Å². The van der Waals surface area contributed by atoms with Crippen LogP contribution in [0.15, 0.2) is 18.3 Å². The van der Waals surface area contributed by atoms with Crippen LogP contribution in [0, 0.1) is 0 Å². The minimum Gasteiger partial charge on any atom is -0.377 e. The van der Waals surface area contributed by atoms with Gasteiger partial charge in [0.2, 0.25) is 0 Å². The van der Waals surface area contributed by atoms with Crippen molar-refractivity contribution in [2.24, 2.45) is 0 Å². The summed E-state index contributed by atoms with van der Waals surface area (Å²) in [7, 11) is 0. The SMILES string of the molecule is CCNc1cc(NC2(C)CCOC2C)ccn1. The Hall–Kier alpha value is -1.29. The van der Waals surface area contributed by atoms with E-state index in [1.807, 2.05) is 18.3 Å². The number of aromatic nitrogens is 1. The first-order valence-electron chi connectivity index (χ1n) is 6.24. The van der Waals surface area contributed by atoms with Crippen molar-refractivity contribution in [1.82, 2.24) is 4.98 Å². The van der Waals surface area contributed by atoms with Crippen molar-refractivity contribution in [2.45, 2.75) is 38.8 Å². The van der Waals surface area contributed by atoms with E-state index in [1.165, 1.54) is 0 Å². The van der Waals surface area contributed by atoms with E-state index in [2.05, 4.69) is 36.4 Å². The number of hydrogen-bond donors (Lipinski definition) is 2. The predicted molar refractivity (Wildman–Crippen MR) is 70.5 cm³/mol. The lowest BCUT2D eigenvalue weighted by Gasteiger charge is -2.30. The van der Waals surface area contributed by atoms with E-state index < -0.39 is 0 Å². The molecule has 0 bridgehead atoms. The molecule has 1 saturated heterocycles. The second kappa shape index (κ2) is 4.92. The first kappa shape index (κ1) is 12.2. The van der Waals surface area contributed by atoms with Crippen LogP contribution in [0.2, 0.25) is 0 Å². The average molecular weight is 235 g/mol. The van der Waals surface area contributed by atoms with Crippen LogP contribution in [-0.4, -0.2) is 29.8 Å². The third kappa shape index (κ3) is 2.69. The summed E-state index contributed by atoms with van der Waals surface area (Å²) in [6, 6.07) is 4.04. The van der Waals surface area contributed by atoms with E-state index >= 15 is 0 Å². The highest BCUT2D eigenvalue weighted by atomic mass is 16.5. The summed E-state index contributed by atoms with van der Waals surface area (Å²) >= 11 is 0. The van der Waals surface area contributed by atoms with Crippen LogP contribution < -0.4 is 10.6 Å². The maximum absolute atomic E-state index is 5.62. The predicted octanol–water partition coefficient (Wildman–Crippen LogP) is 2.49. The molecule has 0 radical (unpaired) electrons. The van der Waals surface area contributed by atoms with Crippen LogP contribution >= 0.6 is 0 Å². The highest BCUT2D eigenvalue weighted by Crippen LogP contribution is 2.29. The van der Waals surface area contributed by atoms with Crippen molar-refractivity contribution in [3.8, 4) is 0 Å². The number of anilines is 2. The summed E-state index contributed by atoms with van der Waals surface area (Å²) in [5.74, 6) is 0.910. The Morgan fingerprint density at radius 3 is 3.06 bits per heavy atom. The molecule has 2 N–H and O–H groups in total. The van der Waals surface area contributed by atoms with Crippen LogP contribution in [0.25, 0.3) is 0 Å². The highest BCUT2D eigenvalue weighted by molar-refractivity contribution is 5.53. The topological polar surface area (TPSA) is 46.2 Å². The molecular formula is C13H21N3O.